The lowest BCUT2D eigenvalue weighted by molar-refractivity contribution is 0.0343. The molecule has 39 heavy (non-hydrogen) atoms. The number of halogens is 1. The first-order chi connectivity index (χ1) is 18.7. The summed E-state index contributed by atoms with van der Waals surface area (Å²) in [5, 5.41) is 15.3. The second-order valence-corrected chi connectivity index (χ2v) is 10.1. The zero-order valence-corrected chi connectivity index (χ0v) is 22.4. The number of hydrogen-bond acceptors (Lipinski definition) is 5. The average Bonchev–Trinajstić information content (AvgIpc) is 2.92. The maximum Gasteiger partial charge on any atom is 0.323 e. The summed E-state index contributed by atoms with van der Waals surface area (Å²) >= 11 is 0. The lowest BCUT2D eigenvalue weighted by Gasteiger charge is -2.38. The van der Waals surface area contributed by atoms with Crippen LogP contribution >= 0.6 is 0 Å². The van der Waals surface area contributed by atoms with Gasteiger partial charge in [-0.3, -0.25) is 9.69 Å². The van der Waals surface area contributed by atoms with Crippen molar-refractivity contribution in [3.05, 3.63) is 89.7 Å². The number of urea groups is 1. The van der Waals surface area contributed by atoms with Gasteiger partial charge in [0.05, 0.1) is 23.9 Å². The van der Waals surface area contributed by atoms with E-state index in [-0.39, 0.29) is 30.3 Å². The van der Waals surface area contributed by atoms with Crippen LogP contribution in [0.1, 0.15) is 29.8 Å². The highest BCUT2D eigenvalue weighted by molar-refractivity contribution is 6.04. The number of para-hydroxylation sites is 1. The third-order valence-corrected chi connectivity index (χ3v) is 6.83. The molecule has 4 rings (SSSR count). The smallest absolute Gasteiger partial charge is 0.323 e. The van der Waals surface area contributed by atoms with Crippen molar-refractivity contribution in [2.24, 2.45) is 5.92 Å². The molecule has 3 atom stereocenters. The van der Waals surface area contributed by atoms with Gasteiger partial charge in [0.2, 0.25) is 0 Å². The minimum atomic E-state index is -0.556. The standard InChI is InChI=1S/C30H35FN4O4/c1-20-16-35(21(2)19-36)29(37)25-10-7-11-26(33-30(38)32-24-14-12-23(31)13-15-24)28(25)39-27(20)18-34(3)17-22-8-5-4-6-9-22/h4-15,20-21,27,36H,16-19H2,1-3H3,(H2,32,33,38)/t20-,21+,27+/m0/s1. The van der Waals surface area contributed by atoms with Gasteiger partial charge >= 0.3 is 6.03 Å². The number of carbonyl (C=O) groups excluding carboxylic acids is 2. The summed E-state index contributed by atoms with van der Waals surface area (Å²) in [6.45, 7) is 5.35. The summed E-state index contributed by atoms with van der Waals surface area (Å²) in [5.74, 6) is -0.486. The summed E-state index contributed by atoms with van der Waals surface area (Å²) < 4.78 is 19.8. The van der Waals surface area contributed by atoms with Crippen LogP contribution in [0, 0.1) is 11.7 Å². The second-order valence-electron chi connectivity index (χ2n) is 10.1. The van der Waals surface area contributed by atoms with Crippen LogP contribution in [0.2, 0.25) is 0 Å². The van der Waals surface area contributed by atoms with Crippen LogP contribution in [0.5, 0.6) is 5.75 Å². The van der Waals surface area contributed by atoms with Gasteiger partial charge < -0.3 is 25.4 Å². The van der Waals surface area contributed by atoms with E-state index in [4.69, 9.17) is 4.74 Å². The molecular weight excluding hydrogens is 499 g/mol. The fourth-order valence-corrected chi connectivity index (χ4v) is 4.64. The zero-order valence-electron chi connectivity index (χ0n) is 22.4. The Hall–Kier alpha value is -3.95. The molecule has 9 heteroatoms. The Kier molecular flexibility index (Phi) is 9.16. The Morgan fingerprint density at radius 1 is 1.10 bits per heavy atom. The SMILES string of the molecule is C[C@H](CO)N1C[C@H](C)[C@@H](CN(C)Cc2ccccc2)Oc2c(NC(=O)Nc3ccc(F)cc3)cccc2C1=O. The first-order valence-corrected chi connectivity index (χ1v) is 13.0. The molecule has 0 saturated heterocycles. The molecule has 3 aromatic carbocycles. The average molecular weight is 535 g/mol. The second kappa shape index (κ2) is 12.7. The van der Waals surface area contributed by atoms with Gasteiger partial charge in [0.25, 0.3) is 5.91 Å². The van der Waals surface area contributed by atoms with Crippen LogP contribution < -0.4 is 15.4 Å². The van der Waals surface area contributed by atoms with Gasteiger partial charge in [0.15, 0.2) is 5.75 Å². The summed E-state index contributed by atoms with van der Waals surface area (Å²) in [6.07, 6.45) is -0.318. The van der Waals surface area contributed by atoms with Crippen LogP contribution in [-0.2, 0) is 6.54 Å². The predicted octanol–water partition coefficient (Wildman–Crippen LogP) is 4.82. The fraction of sp³-hybridized carbons (Fsp3) is 0.333. The number of nitrogens with zero attached hydrogens (tertiary/aromatic N) is 2. The van der Waals surface area contributed by atoms with Gasteiger partial charge in [-0.2, -0.15) is 0 Å². The van der Waals surface area contributed by atoms with Gasteiger partial charge in [-0.1, -0.05) is 43.3 Å². The largest absolute Gasteiger partial charge is 0.486 e. The predicted molar refractivity (Wildman–Crippen MR) is 149 cm³/mol. The summed E-state index contributed by atoms with van der Waals surface area (Å²) in [4.78, 5) is 30.3. The third kappa shape index (κ3) is 7.13. The van der Waals surface area contributed by atoms with E-state index in [0.717, 1.165) is 6.54 Å². The Morgan fingerprint density at radius 3 is 2.51 bits per heavy atom. The van der Waals surface area contributed by atoms with Crippen molar-refractivity contribution >= 4 is 23.3 Å². The molecule has 0 radical (unpaired) electrons. The number of likely N-dealkylation sites (N-methyl/N-ethyl adjacent to an activating group) is 1. The van der Waals surface area contributed by atoms with E-state index in [0.29, 0.717) is 30.0 Å². The Morgan fingerprint density at radius 2 is 1.82 bits per heavy atom. The van der Waals surface area contributed by atoms with Gasteiger partial charge in [-0.05, 0) is 55.9 Å². The first kappa shape index (κ1) is 28.1. The minimum Gasteiger partial charge on any atom is -0.486 e. The molecule has 0 spiro atoms. The van der Waals surface area contributed by atoms with Crippen molar-refractivity contribution < 1.29 is 23.8 Å². The number of fused-ring (bicyclic) bond motifs is 1. The minimum absolute atomic E-state index is 0.0737. The molecule has 0 bridgehead atoms. The Labute approximate surface area is 228 Å². The highest BCUT2D eigenvalue weighted by atomic mass is 19.1. The maximum atomic E-state index is 13.6. The van der Waals surface area contributed by atoms with Gasteiger partial charge in [-0.15, -0.1) is 0 Å². The van der Waals surface area contributed by atoms with Gasteiger partial charge in [0.1, 0.15) is 11.9 Å². The number of carbonyl (C=O) groups is 2. The first-order valence-electron chi connectivity index (χ1n) is 13.0. The number of hydrogen-bond donors (Lipinski definition) is 3. The van der Waals surface area contributed by atoms with Gasteiger partial charge in [0, 0.05) is 31.2 Å². The van der Waals surface area contributed by atoms with E-state index in [9.17, 15) is 19.1 Å². The molecule has 3 amide bonds. The molecule has 0 fully saturated rings. The van der Waals surface area contributed by atoms with Crippen molar-refractivity contribution in [1.82, 2.24) is 9.80 Å². The van der Waals surface area contributed by atoms with Crippen molar-refractivity contribution in [2.45, 2.75) is 32.5 Å². The van der Waals surface area contributed by atoms with E-state index in [1.807, 2.05) is 39.1 Å². The molecule has 206 valence electrons. The number of aliphatic hydroxyl groups excluding tert-OH is 1. The van der Waals surface area contributed by atoms with Crippen LogP contribution in [0.3, 0.4) is 0 Å². The van der Waals surface area contributed by atoms with E-state index in [1.54, 1.807) is 23.1 Å². The van der Waals surface area contributed by atoms with Crippen LogP contribution in [0.4, 0.5) is 20.6 Å². The molecule has 1 heterocycles. The fourth-order valence-electron chi connectivity index (χ4n) is 4.64. The number of amides is 3. The van der Waals surface area contributed by atoms with Crippen molar-refractivity contribution in [3.8, 4) is 5.75 Å². The number of anilines is 2. The van der Waals surface area contributed by atoms with E-state index in [2.05, 4.69) is 27.7 Å². The molecule has 0 unspecified atom stereocenters. The van der Waals surface area contributed by atoms with Crippen LogP contribution in [0.25, 0.3) is 0 Å². The van der Waals surface area contributed by atoms with Gasteiger partial charge in [-0.25, -0.2) is 9.18 Å². The molecule has 0 aromatic heterocycles. The zero-order chi connectivity index (χ0) is 27.9. The quantitative estimate of drug-likeness (QED) is 0.385. The molecule has 3 N–H and O–H groups in total. The van der Waals surface area contributed by atoms with Crippen LogP contribution in [0.15, 0.2) is 72.8 Å². The topological polar surface area (TPSA) is 94.1 Å². The molecule has 1 aliphatic heterocycles. The van der Waals surface area contributed by atoms with Crippen molar-refractivity contribution in [2.75, 3.05) is 37.4 Å². The van der Waals surface area contributed by atoms with Crippen LogP contribution in [-0.4, -0.2) is 65.7 Å². The highest BCUT2D eigenvalue weighted by Gasteiger charge is 2.34. The van der Waals surface area contributed by atoms with Crippen molar-refractivity contribution in [3.63, 3.8) is 0 Å². The molecular formula is C30H35FN4O4. The van der Waals surface area contributed by atoms with E-state index >= 15 is 0 Å². The number of aliphatic hydroxyl groups is 1. The molecule has 1 aliphatic rings. The normalized spacial score (nSPS) is 18.0. The molecule has 3 aromatic rings. The lowest BCUT2D eigenvalue weighted by atomic mass is 9.99. The molecule has 8 nitrogen and oxygen atoms in total. The molecule has 0 aliphatic carbocycles. The third-order valence-electron chi connectivity index (χ3n) is 6.83. The monoisotopic (exact) mass is 534 g/mol. The molecule has 0 saturated carbocycles. The summed E-state index contributed by atoms with van der Waals surface area (Å²) in [6, 6.07) is 19.6. The van der Waals surface area contributed by atoms with E-state index < -0.39 is 17.9 Å². The summed E-state index contributed by atoms with van der Waals surface area (Å²) in [7, 11) is 2.02. The van der Waals surface area contributed by atoms with Crippen molar-refractivity contribution in [1.29, 1.82) is 0 Å². The van der Waals surface area contributed by atoms with E-state index in [1.165, 1.54) is 29.8 Å². The Bertz CT molecular complexity index is 1270. The number of rotatable bonds is 8. The maximum absolute atomic E-state index is 13.6. The number of nitrogens with one attached hydrogen (secondary N) is 2. The Balaban J connectivity index is 1.62. The highest BCUT2D eigenvalue weighted by Crippen LogP contribution is 2.35. The number of ether oxygens (including phenoxy) is 1. The summed E-state index contributed by atoms with van der Waals surface area (Å²) in [5.41, 5.74) is 2.23. The lowest BCUT2D eigenvalue weighted by Crippen LogP contribution is -2.49. The number of benzene rings is 3.